The average Bonchev–Trinajstić information content (AvgIpc) is 2.37. The molecule has 3 nitrogen and oxygen atoms in total. The van der Waals surface area contributed by atoms with E-state index >= 15 is 0 Å². The number of hydrogen-bond donors (Lipinski definition) is 0. The van der Waals surface area contributed by atoms with Gasteiger partial charge in [0.1, 0.15) is 0 Å². The molecule has 104 valence electrons. The Morgan fingerprint density at radius 3 is 2.26 bits per heavy atom. The molecule has 0 spiro atoms. The van der Waals surface area contributed by atoms with Crippen LogP contribution in [0.4, 0.5) is 0 Å². The number of carbonyl (C=O) groups excluding carboxylic acids is 2. The van der Waals surface area contributed by atoms with Crippen LogP contribution in [-0.2, 0) is 9.53 Å². The third kappa shape index (κ3) is 5.69. The van der Waals surface area contributed by atoms with E-state index in [2.05, 4.69) is 0 Å². The zero-order valence-electron chi connectivity index (χ0n) is 11.9. The highest BCUT2D eigenvalue weighted by atomic mass is 16.5. The Labute approximate surface area is 115 Å². The van der Waals surface area contributed by atoms with Crippen LogP contribution in [0.5, 0.6) is 0 Å². The Balaban J connectivity index is 2.18. The van der Waals surface area contributed by atoms with Crippen LogP contribution in [0.2, 0.25) is 0 Å². The molecule has 0 aliphatic heterocycles. The van der Waals surface area contributed by atoms with Gasteiger partial charge >= 0.3 is 5.97 Å². The minimum absolute atomic E-state index is 0.141. The molecule has 0 aliphatic rings. The van der Waals surface area contributed by atoms with Crippen LogP contribution in [0.15, 0.2) is 30.3 Å². The first-order valence-electron chi connectivity index (χ1n) is 6.67. The lowest BCUT2D eigenvalue weighted by Gasteiger charge is -2.16. The van der Waals surface area contributed by atoms with Crippen molar-refractivity contribution in [2.75, 3.05) is 6.61 Å². The van der Waals surface area contributed by atoms with E-state index in [1.54, 1.807) is 0 Å². The maximum Gasteiger partial charge on any atom is 0.311 e. The Hall–Kier alpha value is -1.64. The number of Topliss-reactive ketones (excluding diaryl/α,β-unsaturated/α-hetero) is 1. The highest BCUT2D eigenvalue weighted by Crippen LogP contribution is 2.15. The van der Waals surface area contributed by atoms with Crippen LogP contribution in [0.1, 0.15) is 50.4 Å². The molecule has 0 aromatic heterocycles. The maximum atomic E-state index is 11.8. The average molecular weight is 262 g/mol. The highest BCUT2D eigenvalue weighted by molar-refractivity contribution is 5.95. The van der Waals surface area contributed by atoms with Gasteiger partial charge in [-0.2, -0.15) is 0 Å². The van der Waals surface area contributed by atoms with E-state index in [0.717, 1.165) is 18.4 Å². The van der Waals surface area contributed by atoms with Crippen molar-refractivity contribution in [1.82, 2.24) is 0 Å². The van der Waals surface area contributed by atoms with Crippen molar-refractivity contribution in [3.8, 4) is 0 Å². The fourth-order valence-electron chi connectivity index (χ4n) is 1.54. The predicted octanol–water partition coefficient (Wildman–Crippen LogP) is 3.63. The number of ketones is 1. The molecule has 0 N–H and O–H groups in total. The summed E-state index contributed by atoms with van der Waals surface area (Å²) >= 11 is 0. The Kier molecular flexibility index (Phi) is 5.74. The molecule has 1 aromatic rings. The smallest absolute Gasteiger partial charge is 0.311 e. The van der Waals surface area contributed by atoms with Crippen LogP contribution in [0, 0.1) is 5.41 Å². The lowest BCUT2D eigenvalue weighted by molar-refractivity contribution is -0.153. The first-order valence-corrected chi connectivity index (χ1v) is 6.67. The minimum Gasteiger partial charge on any atom is -0.465 e. The van der Waals surface area contributed by atoms with Gasteiger partial charge in [0.15, 0.2) is 5.78 Å². The van der Waals surface area contributed by atoms with Gasteiger partial charge in [0.25, 0.3) is 0 Å². The molecule has 0 saturated heterocycles. The van der Waals surface area contributed by atoms with E-state index in [0.29, 0.717) is 13.0 Å². The fraction of sp³-hybridized carbons (Fsp3) is 0.500. The minimum atomic E-state index is -0.458. The molecule has 3 heteroatoms. The molecule has 0 saturated carbocycles. The molecular weight excluding hydrogens is 240 g/mol. The molecule has 0 heterocycles. The summed E-state index contributed by atoms with van der Waals surface area (Å²) < 4.78 is 5.14. The normalized spacial score (nSPS) is 11.1. The first-order chi connectivity index (χ1) is 8.91. The monoisotopic (exact) mass is 262 g/mol. The maximum absolute atomic E-state index is 11.8. The van der Waals surface area contributed by atoms with Crippen molar-refractivity contribution in [3.63, 3.8) is 0 Å². The standard InChI is InChI=1S/C16H22O3/c1-16(2,3)15(18)19-12-8-7-11-14(17)13-9-5-4-6-10-13/h4-6,9-10H,7-8,11-12H2,1-3H3. The molecule has 1 aromatic carbocycles. The van der Waals surface area contributed by atoms with Crippen molar-refractivity contribution in [3.05, 3.63) is 35.9 Å². The SMILES string of the molecule is CC(C)(C)C(=O)OCCCCC(=O)c1ccccc1. The van der Waals surface area contributed by atoms with Crippen molar-refractivity contribution in [1.29, 1.82) is 0 Å². The van der Waals surface area contributed by atoms with Gasteiger partial charge < -0.3 is 4.74 Å². The van der Waals surface area contributed by atoms with Gasteiger partial charge in [0, 0.05) is 12.0 Å². The lowest BCUT2D eigenvalue weighted by Crippen LogP contribution is -2.23. The number of unbranched alkanes of at least 4 members (excludes halogenated alkanes) is 1. The molecule has 19 heavy (non-hydrogen) atoms. The van der Waals surface area contributed by atoms with Crippen LogP contribution in [-0.4, -0.2) is 18.4 Å². The highest BCUT2D eigenvalue weighted by Gasteiger charge is 2.22. The zero-order chi connectivity index (χ0) is 14.3. The van der Waals surface area contributed by atoms with Crippen molar-refractivity contribution < 1.29 is 14.3 Å². The van der Waals surface area contributed by atoms with Crippen LogP contribution in [0.25, 0.3) is 0 Å². The first kappa shape index (κ1) is 15.4. The third-order valence-electron chi connectivity index (χ3n) is 2.74. The molecule has 0 radical (unpaired) electrons. The van der Waals surface area contributed by atoms with Crippen LogP contribution in [0.3, 0.4) is 0 Å². The van der Waals surface area contributed by atoms with Crippen molar-refractivity contribution in [2.24, 2.45) is 5.41 Å². The van der Waals surface area contributed by atoms with Gasteiger partial charge in [0.05, 0.1) is 12.0 Å². The van der Waals surface area contributed by atoms with Crippen LogP contribution >= 0.6 is 0 Å². The zero-order valence-corrected chi connectivity index (χ0v) is 11.9. The second kappa shape index (κ2) is 7.07. The molecule has 1 rings (SSSR count). The molecule has 0 amide bonds. The summed E-state index contributed by atoms with van der Waals surface area (Å²) in [5.74, 6) is -0.0513. The Morgan fingerprint density at radius 1 is 1.05 bits per heavy atom. The molecule has 0 bridgehead atoms. The lowest BCUT2D eigenvalue weighted by atomic mass is 9.97. The topological polar surface area (TPSA) is 43.4 Å². The van der Waals surface area contributed by atoms with Crippen molar-refractivity contribution >= 4 is 11.8 Å². The summed E-state index contributed by atoms with van der Waals surface area (Å²) in [6, 6.07) is 9.25. The number of carbonyl (C=O) groups is 2. The third-order valence-corrected chi connectivity index (χ3v) is 2.74. The fourth-order valence-corrected chi connectivity index (χ4v) is 1.54. The number of benzene rings is 1. The van der Waals surface area contributed by atoms with E-state index in [1.165, 1.54) is 0 Å². The van der Waals surface area contributed by atoms with Gasteiger partial charge in [-0.1, -0.05) is 30.3 Å². The second-order valence-electron chi connectivity index (χ2n) is 5.63. The molecule has 0 fully saturated rings. The van der Waals surface area contributed by atoms with E-state index in [4.69, 9.17) is 4.74 Å². The van der Waals surface area contributed by atoms with E-state index in [1.807, 2.05) is 51.1 Å². The Bertz CT molecular complexity index is 415. The summed E-state index contributed by atoms with van der Waals surface area (Å²) in [7, 11) is 0. The van der Waals surface area contributed by atoms with Gasteiger partial charge in [-0.3, -0.25) is 9.59 Å². The summed E-state index contributed by atoms with van der Waals surface area (Å²) in [6.45, 7) is 5.87. The van der Waals surface area contributed by atoms with E-state index in [-0.39, 0.29) is 11.8 Å². The van der Waals surface area contributed by atoms with Gasteiger partial charge in [0.2, 0.25) is 0 Å². The molecule has 0 atom stereocenters. The van der Waals surface area contributed by atoms with E-state index < -0.39 is 5.41 Å². The van der Waals surface area contributed by atoms with E-state index in [9.17, 15) is 9.59 Å². The summed E-state index contributed by atoms with van der Waals surface area (Å²) in [5, 5.41) is 0. The van der Waals surface area contributed by atoms with Crippen molar-refractivity contribution in [2.45, 2.75) is 40.0 Å². The molecule has 0 unspecified atom stereocenters. The molecule has 0 aliphatic carbocycles. The number of rotatable bonds is 6. The predicted molar refractivity (Wildman–Crippen MR) is 75.0 cm³/mol. The largest absolute Gasteiger partial charge is 0.465 e. The van der Waals surface area contributed by atoms with Crippen LogP contribution < -0.4 is 0 Å². The summed E-state index contributed by atoms with van der Waals surface area (Å²) in [5.41, 5.74) is 0.286. The number of hydrogen-bond acceptors (Lipinski definition) is 3. The van der Waals surface area contributed by atoms with Gasteiger partial charge in [-0.05, 0) is 33.6 Å². The second-order valence-corrected chi connectivity index (χ2v) is 5.63. The van der Waals surface area contributed by atoms with Gasteiger partial charge in [-0.15, -0.1) is 0 Å². The quantitative estimate of drug-likeness (QED) is 0.446. The van der Waals surface area contributed by atoms with Gasteiger partial charge in [-0.25, -0.2) is 0 Å². The summed E-state index contributed by atoms with van der Waals surface area (Å²) in [6.07, 6.45) is 1.96. The molecular formula is C16H22O3. The Morgan fingerprint density at radius 2 is 1.68 bits per heavy atom. The summed E-state index contributed by atoms with van der Waals surface area (Å²) in [4.78, 5) is 23.3. The number of esters is 1. The number of ether oxygens (including phenoxy) is 1.